The molecule has 0 bridgehead atoms. The number of carbonyl (C=O) groups excluding carboxylic acids is 1. The molecule has 202 valence electrons. The van der Waals surface area contributed by atoms with Gasteiger partial charge in [0.1, 0.15) is 0 Å². The molecule has 1 saturated heterocycles. The number of thioether (sulfide) groups is 1. The maximum absolute atomic E-state index is 12.8. The van der Waals surface area contributed by atoms with Crippen molar-refractivity contribution in [2.75, 3.05) is 31.9 Å². The lowest BCUT2D eigenvalue weighted by molar-refractivity contribution is -0.133. The Morgan fingerprint density at radius 3 is 2.26 bits per heavy atom. The predicted octanol–water partition coefficient (Wildman–Crippen LogP) is 6.85. The van der Waals surface area contributed by atoms with E-state index in [0.29, 0.717) is 16.5 Å². The van der Waals surface area contributed by atoms with Crippen molar-refractivity contribution in [1.82, 2.24) is 24.6 Å². The van der Waals surface area contributed by atoms with E-state index in [1.54, 1.807) is 17.8 Å². The molecular formula is C30H31Cl2N5OS. The molecule has 0 atom stereocenters. The van der Waals surface area contributed by atoms with Gasteiger partial charge in [0, 0.05) is 50.5 Å². The van der Waals surface area contributed by atoms with Gasteiger partial charge in [-0.15, -0.1) is 10.2 Å². The van der Waals surface area contributed by atoms with E-state index in [4.69, 9.17) is 23.2 Å². The van der Waals surface area contributed by atoms with Crippen LogP contribution < -0.4 is 0 Å². The molecule has 1 aliphatic rings. The van der Waals surface area contributed by atoms with Crippen molar-refractivity contribution < 1.29 is 4.79 Å². The van der Waals surface area contributed by atoms with Crippen molar-refractivity contribution >= 4 is 40.9 Å². The molecule has 4 aromatic rings. The lowest BCUT2D eigenvalue weighted by Crippen LogP contribution is -2.48. The molecule has 0 saturated carbocycles. The number of halogens is 2. The van der Waals surface area contributed by atoms with Crippen molar-refractivity contribution in [1.29, 1.82) is 0 Å². The number of unbranched alkanes of at least 4 members (excludes halogenated alkanes) is 1. The molecular weight excluding hydrogens is 549 g/mol. The molecule has 0 radical (unpaired) electrons. The van der Waals surface area contributed by atoms with Crippen LogP contribution in [0.1, 0.15) is 24.8 Å². The van der Waals surface area contributed by atoms with Gasteiger partial charge < -0.3 is 4.90 Å². The summed E-state index contributed by atoms with van der Waals surface area (Å²) in [7, 11) is 0. The molecule has 1 fully saturated rings. The number of nitrogens with zero attached hydrogens (tertiary/aromatic N) is 5. The van der Waals surface area contributed by atoms with Gasteiger partial charge in [-0.2, -0.15) is 0 Å². The van der Waals surface area contributed by atoms with E-state index in [9.17, 15) is 4.79 Å². The smallest absolute Gasteiger partial charge is 0.222 e. The second kappa shape index (κ2) is 13.5. The Bertz CT molecular complexity index is 1370. The van der Waals surface area contributed by atoms with Gasteiger partial charge in [0.2, 0.25) is 5.91 Å². The molecule has 0 unspecified atom stereocenters. The lowest BCUT2D eigenvalue weighted by atomic mass is 10.2. The van der Waals surface area contributed by atoms with Gasteiger partial charge in [-0.3, -0.25) is 14.3 Å². The topological polar surface area (TPSA) is 54.3 Å². The third-order valence-electron chi connectivity index (χ3n) is 6.82. The van der Waals surface area contributed by atoms with Crippen LogP contribution in [0.4, 0.5) is 0 Å². The van der Waals surface area contributed by atoms with E-state index in [1.807, 2.05) is 58.0 Å². The molecule has 1 amide bonds. The summed E-state index contributed by atoms with van der Waals surface area (Å²) in [6.45, 7) is 4.39. The molecule has 6 nitrogen and oxygen atoms in total. The van der Waals surface area contributed by atoms with Crippen LogP contribution >= 0.6 is 35.0 Å². The first kappa shape index (κ1) is 27.7. The SMILES string of the molecule is O=C(CCCCSc1nnc(-c2ccccc2)n1-c1ccc(Cl)c(Cl)c1)N1CCN(Cc2ccccc2)CC1. The minimum atomic E-state index is 0.254. The summed E-state index contributed by atoms with van der Waals surface area (Å²) in [5, 5.41) is 10.7. The Balaban J connectivity index is 1.12. The number of piperazine rings is 1. The van der Waals surface area contributed by atoms with Crippen LogP contribution in [0.25, 0.3) is 17.1 Å². The highest BCUT2D eigenvalue weighted by Crippen LogP contribution is 2.31. The normalized spacial score (nSPS) is 14.1. The third-order valence-corrected chi connectivity index (χ3v) is 8.57. The minimum absolute atomic E-state index is 0.254. The predicted molar refractivity (Wildman–Crippen MR) is 160 cm³/mol. The first-order valence-electron chi connectivity index (χ1n) is 13.2. The van der Waals surface area contributed by atoms with Crippen molar-refractivity contribution in [2.24, 2.45) is 0 Å². The highest BCUT2D eigenvalue weighted by atomic mass is 35.5. The largest absolute Gasteiger partial charge is 0.340 e. The molecule has 1 aliphatic heterocycles. The first-order chi connectivity index (χ1) is 19.1. The monoisotopic (exact) mass is 579 g/mol. The van der Waals surface area contributed by atoms with Crippen LogP contribution in [0.5, 0.6) is 0 Å². The number of hydrogen-bond donors (Lipinski definition) is 0. The summed E-state index contributed by atoms with van der Waals surface area (Å²) >= 11 is 14.1. The summed E-state index contributed by atoms with van der Waals surface area (Å²) in [4.78, 5) is 17.2. The van der Waals surface area contributed by atoms with E-state index in [-0.39, 0.29) is 5.91 Å². The Hall–Kier alpha value is -2.84. The van der Waals surface area contributed by atoms with Crippen LogP contribution in [0.3, 0.4) is 0 Å². The van der Waals surface area contributed by atoms with Crippen LogP contribution in [-0.2, 0) is 11.3 Å². The molecule has 9 heteroatoms. The van der Waals surface area contributed by atoms with Gasteiger partial charge in [-0.05, 0) is 36.6 Å². The summed E-state index contributed by atoms with van der Waals surface area (Å²) in [5.41, 5.74) is 3.15. The second-order valence-electron chi connectivity index (χ2n) is 9.55. The van der Waals surface area contributed by atoms with Crippen LogP contribution in [0, 0.1) is 0 Å². The summed E-state index contributed by atoms with van der Waals surface area (Å²) in [6.07, 6.45) is 2.34. The van der Waals surface area contributed by atoms with Crippen molar-refractivity contribution in [3.05, 3.63) is 94.5 Å². The number of carbonyl (C=O) groups is 1. The Kier molecular flexibility index (Phi) is 9.58. The van der Waals surface area contributed by atoms with Crippen molar-refractivity contribution in [3.63, 3.8) is 0 Å². The Labute approximate surface area is 243 Å². The van der Waals surface area contributed by atoms with Gasteiger partial charge in [0.05, 0.1) is 15.7 Å². The van der Waals surface area contributed by atoms with E-state index >= 15 is 0 Å². The summed E-state index contributed by atoms with van der Waals surface area (Å²) < 4.78 is 2.02. The molecule has 0 spiro atoms. The Morgan fingerprint density at radius 1 is 0.821 bits per heavy atom. The highest BCUT2D eigenvalue weighted by molar-refractivity contribution is 7.99. The minimum Gasteiger partial charge on any atom is -0.340 e. The summed E-state index contributed by atoms with van der Waals surface area (Å²) in [6, 6.07) is 26.0. The Morgan fingerprint density at radius 2 is 1.54 bits per heavy atom. The average molecular weight is 581 g/mol. The van der Waals surface area contributed by atoms with E-state index in [0.717, 1.165) is 73.5 Å². The fourth-order valence-corrected chi connectivity index (χ4v) is 5.93. The van der Waals surface area contributed by atoms with Crippen LogP contribution in [-0.4, -0.2) is 62.4 Å². The second-order valence-corrected chi connectivity index (χ2v) is 11.4. The molecule has 2 heterocycles. The standard InChI is InChI=1S/C30H31Cl2N5OS/c31-26-15-14-25(21-27(26)32)37-29(24-11-5-2-6-12-24)33-34-30(37)39-20-8-7-13-28(38)36-18-16-35(17-19-36)22-23-9-3-1-4-10-23/h1-6,9-12,14-15,21H,7-8,13,16-20,22H2. The van der Waals surface area contributed by atoms with E-state index in [1.165, 1.54) is 5.56 Å². The number of amides is 1. The van der Waals surface area contributed by atoms with E-state index in [2.05, 4.69) is 39.4 Å². The number of rotatable bonds is 10. The zero-order chi connectivity index (χ0) is 27.0. The fraction of sp³-hybridized carbons (Fsp3) is 0.300. The fourth-order valence-electron chi connectivity index (χ4n) is 4.69. The molecule has 0 aliphatic carbocycles. The first-order valence-corrected chi connectivity index (χ1v) is 15.0. The summed E-state index contributed by atoms with van der Waals surface area (Å²) in [5.74, 6) is 1.84. The molecule has 39 heavy (non-hydrogen) atoms. The highest BCUT2D eigenvalue weighted by Gasteiger charge is 2.21. The van der Waals surface area contributed by atoms with Gasteiger partial charge in [0.15, 0.2) is 11.0 Å². The average Bonchev–Trinajstić information content (AvgIpc) is 3.39. The van der Waals surface area contributed by atoms with Gasteiger partial charge >= 0.3 is 0 Å². The quantitative estimate of drug-likeness (QED) is 0.152. The van der Waals surface area contributed by atoms with Gasteiger partial charge in [-0.25, -0.2) is 0 Å². The zero-order valence-corrected chi connectivity index (χ0v) is 24.0. The maximum Gasteiger partial charge on any atom is 0.222 e. The molecule has 5 rings (SSSR count). The van der Waals surface area contributed by atoms with Crippen molar-refractivity contribution in [3.8, 4) is 17.1 Å². The van der Waals surface area contributed by atoms with Gasteiger partial charge in [-0.1, -0.05) is 95.6 Å². The van der Waals surface area contributed by atoms with Gasteiger partial charge in [0.25, 0.3) is 0 Å². The van der Waals surface area contributed by atoms with E-state index < -0.39 is 0 Å². The van der Waals surface area contributed by atoms with Crippen LogP contribution in [0.15, 0.2) is 84.0 Å². The van der Waals surface area contributed by atoms with Crippen LogP contribution in [0.2, 0.25) is 10.0 Å². The number of benzene rings is 3. The molecule has 1 aromatic heterocycles. The van der Waals surface area contributed by atoms with Crippen molar-refractivity contribution in [2.45, 2.75) is 31.0 Å². The lowest BCUT2D eigenvalue weighted by Gasteiger charge is -2.34. The third kappa shape index (κ3) is 7.22. The number of hydrogen-bond acceptors (Lipinski definition) is 5. The molecule has 0 N–H and O–H groups in total. The zero-order valence-electron chi connectivity index (χ0n) is 21.7. The number of aromatic nitrogens is 3. The molecule has 3 aromatic carbocycles. The maximum atomic E-state index is 12.8.